The van der Waals surface area contributed by atoms with Gasteiger partial charge >= 0.3 is 7.82 Å². The summed E-state index contributed by atoms with van der Waals surface area (Å²) >= 11 is 0. The number of phosphoric acid groups is 1. The molecule has 2 atom stereocenters. The van der Waals surface area contributed by atoms with Crippen LogP contribution in [0.1, 0.15) is 27.7 Å². The van der Waals surface area contributed by atoms with Crippen LogP contribution >= 0.6 is 7.82 Å². The third-order valence-corrected chi connectivity index (χ3v) is 2.98. The van der Waals surface area contributed by atoms with E-state index in [0.717, 1.165) is 13.1 Å². The molecular formula is C8H20NO4P. The standard InChI is InChI=1S/C8H20NO4P/c1-5-9(6-2)7(3)8(4)13-14(10,11)12/h7-8H,5-6H2,1-4H3,(H2,10,11,12). The van der Waals surface area contributed by atoms with E-state index in [1.54, 1.807) is 6.92 Å². The van der Waals surface area contributed by atoms with Crippen molar-refractivity contribution in [2.75, 3.05) is 13.1 Å². The van der Waals surface area contributed by atoms with E-state index in [0.29, 0.717) is 0 Å². The van der Waals surface area contributed by atoms with Gasteiger partial charge in [-0.1, -0.05) is 13.8 Å². The molecule has 0 radical (unpaired) electrons. The SMILES string of the molecule is CCN(CC)C(C)C(C)OP(=O)(O)O. The predicted octanol–water partition coefficient (Wildman–Crippen LogP) is 1.21. The Balaban J connectivity index is 4.23. The van der Waals surface area contributed by atoms with Crippen molar-refractivity contribution in [2.45, 2.75) is 39.8 Å². The fraction of sp³-hybridized carbons (Fsp3) is 1.00. The highest BCUT2D eigenvalue weighted by atomic mass is 31.2. The molecule has 0 saturated heterocycles. The van der Waals surface area contributed by atoms with Gasteiger partial charge in [0.1, 0.15) is 0 Å². The highest BCUT2D eigenvalue weighted by Crippen LogP contribution is 2.38. The van der Waals surface area contributed by atoms with Crippen molar-refractivity contribution in [3.8, 4) is 0 Å². The van der Waals surface area contributed by atoms with E-state index in [4.69, 9.17) is 9.79 Å². The zero-order valence-corrected chi connectivity index (χ0v) is 10.1. The summed E-state index contributed by atoms with van der Waals surface area (Å²) in [7, 11) is -4.36. The number of hydrogen-bond donors (Lipinski definition) is 2. The van der Waals surface area contributed by atoms with Gasteiger partial charge in [-0.05, 0) is 26.9 Å². The first-order chi connectivity index (χ1) is 6.31. The lowest BCUT2D eigenvalue weighted by Crippen LogP contribution is -2.40. The largest absolute Gasteiger partial charge is 0.469 e. The zero-order chi connectivity index (χ0) is 11.4. The molecule has 2 unspecified atom stereocenters. The minimum Gasteiger partial charge on any atom is -0.303 e. The number of likely N-dealkylation sites (N-methyl/N-ethyl adjacent to an activating group) is 1. The molecule has 0 rings (SSSR count). The summed E-state index contributed by atoms with van der Waals surface area (Å²) in [6.45, 7) is 9.25. The molecular weight excluding hydrogens is 205 g/mol. The van der Waals surface area contributed by atoms with Crippen molar-refractivity contribution < 1.29 is 18.9 Å². The topological polar surface area (TPSA) is 70.0 Å². The lowest BCUT2D eigenvalue weighted by molar-refractivity contribution is 0.0670. The first-order valence-electron chi connectivity index (χ1n) is 4.79. The van der Waals surface area contributed by atoms with Crippen LogP contribution in [0.2, 0.25) is 0 Å². The third kappa shape index (κ3) is 5.08. The molecule has 0 fully saturated rings. The predicted molar refractivity (Wildman–Crippen MR) is 55.0 cm³/mol. The molecule has 0 amide bonds. The number of hydrogen-bond acceptors (Lipinski definition) is 3. The third-order valence-electron chi connectivity index (χ3n) is 2.37. The fourth-order valence-corrected chi connectivity index (χ4v) is 2.01. The molecule has 2 N–H and O–H groups in total. The molecule has 86 valence electrons. The first kappa shape index (κ1) is 14.1. The van der Waals surface area contributed by atoms with E-state index in [1.807, 2.05) is 20.8 Å². The first-order valence-corrected chi connectivity index (χ1v) is 6.32. The van der Waals surface area contributed by atoms with Crippen molar-refractivity contribution >= 4 is 7.82 Å². The molecule has 6 heteroatoms. The van der Waals surface area contributed by atoms with Crippen molar-refractivity contribution in [1.82, 2.24) is 4.90 Å². The maximum atomic E-state index is 10.6. The lowest BCUT2D eigenvalue weighted by atomic mass is 10.2. The van der Waals surface area contributed by atoms with Crippen LogP contribution in [0.4, 0.5) is 0 Å². The summed E-state index contributed by atoms with van der Waals surface area (Å²) < 4.78 is 15.2. The van der Waals surface area contributed by atoms with E-state index in [1.165, 1.54) is 0 Å². The minimum absolute atomic E-state index is 0.00220. The molecule has 0 aromatic carbocycles. The summed E-state index contributed by atoms with van der Waals surface area (Å²) in [6.07, 6.45) is -0.476. The van der Waals surface area contributed by atoms with Gasteiger partial charge in [0.15, 0.2) is 0 Å². The Hall–Kier alpha value is 0.0700. The maximum absolute atomic E-state index is 10.6. The highest BCUT2D eigenvalue weighted by molar-refractivity contribution is 7.46. The molecule has 0 aliphatic carbocycles. The average Bonchev–Trinajstić information content (AvgIpc) is 2.03. The smallest absolute Gasteiger partial charge is 0.303 e. The van der Waals surface area contributed by atoms with Gasteiger partial charge in [0, 0.05) is 6.04 Å². The molecule has 0 spiro atoms. The van der Waals surface area contributed by atoms with Crippen LogP contribution in [0.15, 0.2) is 0 Å². The van der Waals surface area contributed by atoms with Crippen LogP contribution in [-0.4, -0.2) is 39.9 Å². The van der Waals surface area contributed by atoms with Gasteiger partial charge in [0.05, 0.1) is 6.10 Å². The summed E-state index contributed by atoms with van der Waals surface area (Å²) in [5, 5.41) is 0. The van der Waals surface area contributed by atoms with Gasteiger partial charge in [-0.25, -0.2) is 4.57 Å². The second kappa shape index (κ2) is 5.83. The second-order valence-electron chi connectivity index (χ2n) is 3.26. The Morgan fingerprint density at radius 1 is 1.29 bits per heavy atom. The average molecular weight is 225 g/mol. The van der Waals surface area contributed by atoms with Crippen LogP contribution in [0.3, 0.4) is 0 Å². The normalized spacial score (nSPS) is 17.1. The second-order valence-corrected chi connectivity index (χ2v) is 4.45. The molecule has 0 saturated carbocycles. The molecule has 0 heterocycles. The van der Waals surface area contributed by atoms with Crippen LogP contribution < -0.4 is 0 Å². The Morgan fingerprint density at radius 3 is 2.00 bits per heavy atom. The number of nitrogens with zero attached hydrogens (tertiary/aromatic N) is 1. The monoisotopic (exact) mass is 225 g/mol. The number of phosphoric ester groups is 1. The molecule has 0 bridgehead atoms. The van der Waals surface area contributed by atoms with Gasteiger partial charge in [-0.2, -0.15) is 0 Å². The van der Waals surface area contributed by atoms with Gasteiger partial charge in [-0.15, -0.1) is 0 Å². The van der Waals surface area contributed by atoms with E-state index in [9.17, 15) is 4.57 Å². The lowest BCUT2D eigenvalue weighted by Gasteiger charge is -2.30. The number of rotatable bonds is 6. The van der Waals surface area contributed by atoms with E-state index in [-0.39, 0.29) is 6.04 Å². The fourth-order valence-electron chi connectivity index (χ4n) is 1.40. The van der Waals surface area contributed by atoms with E-state index in [2.05, 4.69) is 9.42 Å². The zero-order valence-electron chi connectivity index (χ0n) is 9.17. The van der Waals surface area contributed by atoms with E-state index < -0.39 is 13.9 Å². The van der Waals surface area contributed by atoms with Crippen molar-refractivity contribution in [3.63, 3.8) is 0 Å². The van der Waals surface area contributed by atoms with Crippen LogP contribution in [0, 0.1) is 0 Å². The van der Waals surface area contributed by atoms with Gasteiger partial charge in [-0.3, -0.25) is 9.42 Å². The minimum atomic E-state index is -4.36. The van der Waals surface area contributed by atoms with Crippen molar-refractivity contribution in [3.05, 3.63) is 0 Å². The molecule has 14 heavy (non-hydrogen) atoms. The van der Waals surface area contributed by atoms with Crippen LogP contribution in [-0.2, 0) is 9.09 Å². The maximum Gasteiger partial charge on any atom is 0.469 e. The Labute approximate surface area is 85.3 Å². The van der Waals surface area contributed by atoms with Gasteiger partial charge in [0.2, 0.25) is 0 Å². The molecule has 0 aromatic rings. The molecule has 0 aliphatic rings. The van der Waals surface area contributed by atoms with Crippen molar-refractivity contribution in [2.24, 2.45) is 0 Å². The van der Waals surface area contributed by atoms with Gasteiger partial charge < -0.3 is 9.79 Å². The van der Waals surface area contributed by atoms with Crippen LogP contribution in [0.5, 0.6) is 0 Å². The van der Waals surface area contributed by atoms with Crippen LogP contribution in [0.25, 0.3) is 0 Å². The summed E-state index contributed by atoms with van der Waals surface area (Å²) in [6, 6.07) is -0.00220. The molecule has 5 nitrogen and oxygen atoms in total. The summed E-state index contributed by atoms with van der Waals surface area (Å²) in [4.78, 5) is 19.4. The van der Waals surface area contributed by atoms with Crippen molar-refractivity contribution in [1.29, 1.82) is 0 Å². The summed E-state index contributed by atoms with van der Waals surface area (Å²) in [5.41, 5.74) is 0. The van der Waals surface area contributed by atoms with E-state index >= 15 is 0 Å². The summed E-state index contributed by atoms with van der Waals surface area (Å²) in [5.74, 6) is 0. The molecule has 0 aliphatic heterocycles. The van der Waals surface area contributed by atoms with Gasteiger partial charge in [0.25, 0.3) is 0 Å². The molecule has 0 aromatic heterocycles. The Morgan fingerprint density at radius 2 is 1.71 bits per heavy atom. The Kier molecular flexibility index (Phi) is 5.86. The Bertz CT molecular complexity index is 202. The highest BCUT2D eigenvalue weighted by Gasteiger charge is 2.25. The quantitative estimate of drug-likeness (QED) is 0.665.